The summed E-state index contributed by atoms with van der Waals surface area (Å²) < 4.78 is 0. The molecule has 0 heterocycles. The van der Waals surface area contributed by atoms with Crippen LogP contribution in [0.2, 0.25) is 0 Å². The van der Waals surface area contributed by atoms with Crippen molar-refractivity contribution in [1.29, 1.82) is 0 Å². The second kappa shape index (κ2) is 4.26. The van der Waals surface area contributed by atoms with Gasteiger partial charge in [0.1, 0.15) is 0 Å². The van der Waals surface area contributed by atoms with Gasteiger partial charge in [-0.05, 0) is 20.8 Å². The monoisotopic (exact) mass is 170 g/mol. The molecule has 0 aliphatic rings. The normalized spacial score (nSPS) is 13.9. The van der Waals surface area contributed by atoms with Crippen molar-refractivity contribution in [2.45, 2.75) is 26.8 Å². The number of nitrogens with two attached hydrogens (primary N) is 1. The Balaban J connectivity index is 3.91. The number of primary amides is 1. The molecule has 0 radical (unpaired) electrons. The Morgan fingerprint density at radius 3 is 2.58 bits per heavy atom. The summed E-state index contributed by atoms with van der Waals surface area (Å²) in [5, 5.41) is 3.14. The predicted octanol–water partition coefficient (Wildman–Crippen LogP) is 0.662. The molecule has 0 aromatic heterocycles. The largest absolute Gasteiger partial charge is 0.369 e. The van der Waals surface area contributed by atoms with Crippen molar-refractivity contribution in [2.24, 2.45) is 11.1 Å². The second-order valence-electron chi connectivity index (χ2n) is 3.65. The van der Waals surface area contributed by atoms with E-state index in [9.17, 15) is 4.79 Å². The zero-order valence-corrected chi connectivity index (χ0v) is 8.05. The molecule has 1 amide bonds. The number of carbonyl (C=O) groups is 1. The van der Waals surface area contributed by atoms with E-state index in [2.05, 4.69) is 11.9 Å². The molecule has 3 heteroatoms. The van der Waals surface area contributed by atoms with E-state index in [0.717, 1.165) is 0 Å². The minimum Gasteiger partial charge on any atom is -0.369 e. The molecule has 0 aromatic rings. The van der Waals surface area contributed by atoms with E-state index in [1.54, 1.807) is 6.08 Å². The van der Waals surface area contributed by atoms with Crippen LogP contribution in [0.3, 0.4) is 0 Å². The van der Waals surface area contributed by atoms with Crippen molar-refractivity contribution in [2.75, 3.05) is 6.54 Å². The minimum absolute atomic E-state index is 0.212. The first-order valence-corrected chi connectivity index (χ1v) is 4.06. The summed E-state index contributed by atoms with van der Waals surface area (Å²) in [5.74, 6) is -0.286. The Bertz CT molecular complexity index is 175. The fraction of sp³-hybridized carbons (Fsp3) is 0.667. The SMILES string of the molecule is C=CC(C)NCC(C)(C)C(N)=O. The second-order valence-corrected chi connectivity index (χ2v) is 3.65. The van der Waals surface area contributed by atoms with Crippen LogP contribution in [0.1, 0.15) is 20.8 Å². The van der Waals surface area contributed by atoms with Gasteiger partial charge < -0.3 is 11.1 Å². The van der Waals surface area contributed by atoms with E-state index in [1.165, 1.54) is 0 Å². The topological polar surface area (TPSA) is 55.1 Å². The summed E-state index contributed by atoms with van der Waals surface area (Å²) in [7, 11) is 0. The molecule has 0 rings (SSSR count). The summed E-state index contributed by atoms with van der Waals surface area (Å²) >= 11 is 0. The highest BCUT2D eigenvalue weighted by Crippen LogP contribution is 2.11. The lowest BCUT2D eigenvalue weighted by atomic mass is 9.92. The molecule has 0 aliphatic carbocycles. The molecule has 0 fully saturated rings. The lowest BCUT2D eigenvalue weighted by Crippen LogP contribution is -2.42. The molecular formula is C9H18N2O. The first-order valence-electron chi connectivity index (χ1n) is 4.06. The van der Waals surface area contributed by atoms with Crippen molar-refractivity contribution >= 4 is 5.91 Å². The van der Waals surface area contributed by atoms with Gasteiger partial charge in [-0.25, -0.2) is 0 Å². The van der Waals surface area contributed by atoms with Gasteiger partial charge in [0.2, 0.25) is 5.91 Å². The lowest BCUT2D eigenvalue weighted by Gasteiger charge is -2.22. The minimum atomic E-state index is -0.489. The van der Waals surface area contributed by atoms with Crippen LogP contribution < -0.4 is 11.1 Å². The number of hydrogen-bond acceptors (Lipinski definition) is 2. The van der Waals surface area contributed by atoms with Crippen LogP contribution in [0.25, 0.3) is 0 Å². The summed E-state index contributed by atoms with van der Waals surface area (Å²) in [5.41, 5.74) is 4.70. The highest BCUT2D eigenvalue weighted by Gasteiger charge is 2.24. The maximum atomic E-state index is 10.9. The first-order chi connectivity index (χ1) is 5.40. The molecule has 1 unspecified atom stereocenters. The molecular weight excluding hydrogens is 152 g/mol. The molecule has 0 bridgehead atoms. The molecule has 0 saturated heterocycles. The van der Waals surface area contributed by atoms with Crippen molar-refractivity contribution in [3.63, 3.8) is 0 Å². The maximum Gasteiger partial charge on any atom is 0.224 e. The number of amides is 1. The van der Waals surface area contributed by atoms with E-state index in [1.807, 2.05) is 20.8 Å². The number of carbonyl (C=O) groups excluding carboxylic acids is 1. The Hall–Kier alpha value is -0.830. The fourth-order valence-corrected chi connectivity index (χ4v) is 0.587. The highest BCUT2D eigenvalue weighted by atomic mass is 16.1. The Morgan fingerprint density at radius 1 is 1.75 bits per heavy atom. The van der Waals surface area contributed by atoms with Gasteiger partial charge in [0.25, 0.3) is 0 Å². The Kier molecular flexibility index (Phi) is 3.96. The Labute approximate surface area is 74.0 Å². The predicted molar refractivity (Wildman–Crippen MR) is 50.6 cm³/mol. The Morgan fingerprint density at radius 2 is 2.25 bits per heavy atom. The standard InChI is InChI=1S/C9H18N2O/c1-5-7(2)11-6-9(3,4)8(10)12/h5,7,11H,1,6H2,2-4H3,(H2,10,12). The van der Waals surface area contributed by atoms with E-state index < -0.39 is 5.41 Å². The van der Waals surface area contributed by atoms with Gasteiger partial charge >= 0.3 is 0 Å². The maximum absolute atomic E-state index is 10.9. The molecule has 0 saturated carbocycles. The molecule has 1 atom stereocenters. The number of rotatable bonds is 5. The first kappa shape index (κ1) is 11.2. The molecule has 70 valence electrons. The van der Waals surface area contributed by atoms with Crippen molar-refractivity contribution < 1.29 is 4.79 Å². The third kappa shape index (κ3) is 3.53. The van der Waals surface area contributed by atoms with Crippen molar-refractivity contribution in [3.05, 3.63) is 12.7 Å². The van der Waals surface area contributed by atoms with E-state index in [-0.39, 0.29) is 11.9 Å². The summed E-state index contributed by atoms with van der Waals surface area (Å²) in [6, 6.07) is 0.212. The van der Waals surface area contributed by atoms with Gasteiger partial charge in [0, 0.05) is 12.6 Å². The highest BCUT2D eigenvalue weighted by molar-refractivity contribution is 5.80. The molecule has 0 spiro atoms. The van der Waals surface area contributed by atoms with Gasteiger partial charge in [-0.2, -0.15) is 0 Å². The van der Waals surface area contributed by atoms with Crippen LogP contribution in [-0.4, -0.2) is 18.5 Å². The third-order valence-corrected chi connectivity index (χ3v) is 1.89. The van der Waals surface area contributed by atoms with Gasteiger partial charge in [-0.15, -0.1) is 6.58 Å². The van der Waals surface area contributed by atoms with E-state index >= 15 is 0 Å². The summed E-state index contributed by atoms with van der Waals surface area (Å²) in [4.78, 5) is 10.9. The smallest absolute Gasteiger partial charge is 0.224 e. The summed E-state index contributed by atoms with van der Waals surface area (Å²) in [6.45, 7) is 9.82. The fourth-order valence-electron chi connectivity index (χ4n) is 0.587. The van der Waals surface area contributed by atoms with Crippen LogP contribution in [-0.2, 0) is 4.79 Å². The van der Waals surface area contributed by atoms with Gasteiger partial charge in [-0.3, -0.25) is 4.79 Å². The van der Waals surface area contributed by atoms with Crippen LogP contribution in [0, 0.1) is 5.41 Å². The quantitative estimate of drug-likeness (QED) is 0.596. The van der Waals surface area contributed by atoms with Gasteiger partial charge in [0.15, 0.2) is 0 Å². The molecule has 3 N–H and O–H groups in total. The van der Waals surface area contributed by atoms with Crippen LogP contribution in [0.5, 0.6) is 0 Å². The molecule has 12 heavy (non-hydrogen) atoms. The number of hydrogen-bond donors (Lipinski definition) is 2. The average Bonchev–Trinajstić information content (AvgIpc) is 2.00. The van der Waals surface area contributed by atoms with Crippen molar-refractivity contribution in [3.8, 4) is 0 Å². The summed E-state index contributed by atoms with van der Waals surface area (Å²) in [6.07, 6.45) is 1.79. The van der Waals surface area contributed by atoms with Crippen LogP contribution >= 0.6 is 0 Å². The molecule has 3 nitrogen and oxygen atoms in total. The van der Waals surface area contributed by atoms with Crippen molar-refractivity contribution in [1.82, 2.24) is 5.32 Å². The van der Waals surface area contributed by atoms with E-state index in [4.69, 9.17) is 5.73 Å². The van der Waals surface area contributed by atoms with E-state index in [0.29, 0.717) is 6.54 Å². The zero-order valence-electron chi connectivity index (χ0n) is 8.05. The van der Waals surface area contributed by atoms with Gasteiger partial charge in [-0.1, -0.05) is 6.08 Å². The van der Waals surface area contributed by atoms with Crippen LogP contribution in [0.15, 0.2) is 12.7 Å². The molecule has 0 aromatic carbocycles. The number of nitrogens with one attached hydrogen (secondary N) is 1. The van der Waals surface area contributed by atoms with Crippen LogP contribution in [0.4, 0.5) is 0 Å². The average molecular weight is 170 g/mol. The lowest BCUT2D eigenvalue weighted by molar-refractivity contribution is -0.125. The van der Waals surface area contributed by atoms with Gasteiger partial charge in [0.05, 0.1) is 5.41 Å². The molecule has 0 aliphatic heterocycles. The third-order valence-electron chi connectivity index (χ3n) is 1.89. The zero-order chi connectivity index (χ0) is 9.78.